The van der Waals surface area contributed by atoms with Crippen LogP contribution in [0.4, 0.5) is 5.82 Å². The third kappa shape index (κ3) is 2.85. The molecule has 0 aliphatic carbocycles. The number of nitrogens with zero attached hydrogens (tertiary/aromatic N) is 3. The van der Waals surface area contributed by atoms with Gasteiger partial charge in [0.15, 0.2) is 5.82 Å². The predicted octanol–water partition coefficient (Wildman–Crippen LogP) is 3.47. The highest BCUT2D eigenvalue weighted by Gasteiger charge is 2.09. The standard InChI is InChI=1S/C13H15BrN4/c1-8(2)11-5-12(15-3)18-13(17-11)9-4-10(14)7-16-6-9/h4-8H,1-3H3,(H,15,17,18). The van der Waals surface area contributed by atoms with Crippen molar-refractivity contribution in [2.45, 2.75) is 19.8 Å². The van der Waals surface area contributed by atoms with Gasteiger partial charge in [0.05, 0.1) is 0 Å². The molecule has 94 valence electrons. The van der Waals surface area contributed by atoms with Crippen LogP contribution in [0.25, 0.3) is 11.4 Å². The Morgan fingerprint density at radius 1 is 1.17 bits per heavy atom. The van der Waals surface area contributed by atoms with Gasteiger partial charge < -0.3 is 5.32 Å². The van der Waals surface area contributed by atoms with Crippen LogP contribution in [-0.4, -0.2) is 22.0 Å². The van der Waals surface area contributed by atoms with Crippen molar-refractivity contribution in [3.05, 3.63) is 34.7 Å². The fourth-order valence-corrected chi connectivity index (χ4v) is 1.92. The summed E-state index contributed by atoms with van der Waals surface area (Å²) in [5.41, 5.74) is 1.92. The normalized spacial score (nSPS) is 10.7. The Balaban J connectivity index is 2.53. The molecule has 18 heavy (non-hydrogen) atoms. The van der Waals surface area contributed by atoms with Crippen molar-refractivity contribution < 1.29 is 0 Å². The first-order valence-corrected chi connectivity index (χ1v) is 6.57. The first kappa shape index (κ1) is 13.0. The third-order valence-corrected chi connectivity index (χ3v) is 2.99. The second-order valence-corrected chi connectivity index (χ2v) is 5.21. The molecule has 0 aliphatic rings. The molecule has 2 rings (SSSR count). The lowest BCUT2D eigenvalue weighted by Crippen LogP contribution is -2.02. The number of hydrogen-bond acceptors (Lipinski definition) is 4. The summed E-state index contributed by atoms with van der Waals surface area (Å²) in [6, 6.07) is 3.94. The quantitative estimate of drug-likeness (QED) is 0.943. The van der Waals surface area contributed by atoms with E-state index in [0.717, 1.165) is 21.5 Å². The lowest BCUT2D eigenvalue weighted by atomic mass is 10.1. The molecule has 0 saturated heterocycles. The lowest BCUT2D eigenvalue weighted by Gasteiger charge is -2.10. The van der Waals surface area contributed by atoms with Gasteiger partial charge in [-0.2, -0.15) is 0 Å². The van der Waals surface area contributed by atoms with Crippen LogP contribution in [0.5, 0.6) is 0 Å². The van der Waals surface area contributed by atoms with Crippen LogP contribution < -0.4 is 5.32 Å². The minimum absolute atomic E-state index is 0.360. The van der Waals surface area contributed by atoms with E-state index in [0.29, 0.717) is 11.7 Å². The van der Waals surface area contributed by atoms with Gasteiger partial charge in [-0.15, -0.1) is 0 Å². The number of anilines is 1. The van der Waals surface area contributed by atoms with Gasteiger partial charge in [0.2, 0.25) is 0 Å². The molecule has 1 N–H and O–H groups in total. The molecule has 2 aromatic heterocycles. The summed E-state index contributed by atoms with van der Waals surface area (Å²) in [5.74, 6) is 1.88. The lowest BCUT2D eigenvalue weighted by molar-refractivity contribution is 0.817. The van der Waals surface area contributed by atoms with E-state index in [1.54, 1.807) is 12.4 Å². The summed E-state index contributed by atoms with van der Waals surface area (Å²) in [7, 11) is 1.86. The largest absolute Gasteiger partial charge is 0.373 e. The van der Waals surface area contributed by atoms with Gasteiger partial charge in [-0.05, 0) is 27.9 Å². The number of pyridine rings is 1. The smallest absolute Gasteiger partial charge is 0.163 e. The van der Waals surface area contributed by atoms with Crippen molar-refractivity contribution in [2.75, 3.05) is 12.4 Å². The van der Waals surface area contributed by atoms with Gasteiger partial charge >= 0.3 is 0 Å². The Labute approximate surface area is 115 Å². The molecule has 0 spiro atoms. The number of rotatable bonds is 3. The van der Waals surface area contributed by atoms with Crippen LogP contribution in [0, 0.1) is 0 Å². The van der Waals surface area contributed by atoms with E-state index in [9.17, 15) is 0 Å². The summed E-state index contributed by atoms with van der Waals surface area (Å²) in [4.78, 5) is 13.2. The summed E-state index contributed by atoms with van der Waals surface area (Å²) < 4.78 is 0.921. The van der Waals surface area contributed by atoms with E-state index >= 15 is 0 Å². The van der Waals surface area contributed by atoms with E-state index in [1.165, 1.54) is 0 Å². The zero-order valence-corrected chi connectivity index (χ0v) is 12.2. The number of nitrogens with one attached hydrogen (secondary N) is 1. The molecule has 0 bridgehead atoms. The first-order chi connectivity index (χ1) is 8.60. The van der Waals surface area contributed by atoms with E-state index < -0.39 is 0 Å². The van der Waals surface area contributed by atoms with E-state index in [2.05, 4.69) is 50.0 Å². The van der Waals surface area contributed by atoms with Gasteiger partial charge in [-0.25, -0.2) is 9.97 Å². The fourth-order valence-electron chi connectivity index (χ4n) is 1.55. The Morgan fingerprint density at radius 2 is 1.94 bits per heavy atom. The minimum Gasteiger partial charge on any atom is -0.373 e. The maximum atomic E-state index is 4.58. The molecule has 0 aliphatic heterocycles. The molecule has 0 amide bonds. The molecule has 4 nitrogen and oxygen atoms in total. The van der Waals surface area contributed by atoms with Crippen molar-refractivity contribution in [1.82, 2.24) is 15.0 Å². The van der Waals surface area contributed by atoms with Gasteiger partial charge in [0.1, 0.15) is 5.82 Å². The maximum Gasteiger partial charge on any atom is 0.163 e. The average molecular weight is 307 g/mol. The van der Waals surface area contributed by atoms with Gasteiger partial charge in [0.25, 0.3) is 0 Å². The van der Waals surface area contributed by atoms with Crippen LogP contribution in [0.2, 0.25) is 0 Å². The van der Waals surface area contributed by atoms with Gasteiger partial charge in [-0.1, -0.05) is 13.8 Å². The van der Waals surface area contributed by atoms with Crippen LogP contribution in [0.3, 0.4) is 0 Å². The van der Waals surface area contributed by atoms with Crippen molar-refractivity contribution >= 4 is 21.7 Å². The number of hydrogen-bond donors (Lipinski definition) is 1. The van der Waals surface area contributed by atoms with E-state index in [1.807, 2.05) is 19.2 Å². The summed E-state index contributed by atoms with van der Waals surface area (Å²) in [6.07, 6.45) is 3.51. The molecule has 2 aromatic rings. The molecule has 0 radical (unpaired) electrons. The summed E-state index contributed by atoms with van der Waals surface area (Å²) in [5, 5.41) is 3.06. The third-order valence-electron chi connectivity index (χ3n) is 2.56. The minimum atomic E-state index is 0.360. The first-order valence-electron chi connectivity index (χ1n) is 5.78. The maximum absolute atomic E-state index is 4.58. The van der Waals surface area contributed by atoms with Gasteiger partial charge in [0, 0.05) is 41.2 Å². The molecule has 0 atom stereocenters. The van der Waals surface area contributed by atoms with Crippen molar-refractivity contribution in [2.24, 2.45) is 0 Å². The molecular weight excluding hydrogens is 292 g/mol. The van der Waals surface area contributed by atoms with E-state index in [-0.39, 0.29) is 0 Å². The molecular formula is C13H15BrN4. The highest BCUT2D eigenvalue weighted by atomic mass is 79.9. The average Bonchev–Trinajstić information content (AvgIpc) is 2.38. The second kappa shape index (κ2) is 5.44. The van der Waals surface area contributed by atoms with Crippen molar-refractivity contribution in [1.29, 1.82) is 0 Å². The second-order valence-electron chi connectivity index (χ2n) is 4.30. The Bertz CT molecular complexity index is 554. The Hall–Kier alpha value is -1.49. The molecule has 0 fully saturated rings. The van der Waals surface area contributed by atoms with Crippen LogP contribution >= 0.6 is 15.9 Å². The highest BCUT2D eigenvalue weighted by molar-refractivity contribution is 9.10. The molecule has 2 heterocycles. The van der Waals surface area contributed by atoms with Gasteiger partial charge in [-0.3, -0.25) is 4.98 Å². The van der Waals surface area contributed by atoms with E-state index in [4.69, 9.17) is 0 Å². The molecule has 0 unspecified atom stereocenters. The molecule has 0 aromatic carbocycles. The summed E-state index contributed by atoms with van der Waals surface area (Å²) >= 11 is 3.41. The predicted molar refractivity (Wildman–Crippen MR) is 76.6 cm³/mol. The monoisotopic (exact) mass is 306 g/mol. The summed E-state index contributed by atoms with van der Waals surface area (Å²) in [6.45, 7) is 4.23. The fraction of sp³-hybridized carbons (Fsp3) is 0.308. The topological polar surface area (TPSA) is 50.7 Å². The Kier molecular flexibility index (Phi) is 3.91. The Morgan fingerprint density at radius 3 is 2.56 bits per heavy atom. The van der Waals surface area contributed by atoms with Crippen molar-refractivity contribution in [3.8, 4) is 11.4 Å². The van der Waals surface area contributed by atoms with Crippen LogP contribution in [-0.2, 0) is 0 Å². The highest BCUT2D eigenvalue weighted by Crippen LogP contribution is 2.23. The van der Waals surface area contributed by atoms with Crippen LogP contribution in [0.1, 0.15) is 25.5 Å². The zero-order chi connectivity index (χ0) is 13.1. The zero-order valence-electron chi connectivity index (χ0n) is 10.6. The SMILES string of the molecule is CNc1cc(C(C)C)nc(-c2cncc(Br)c2)n1. The van der Waals surface area contributed by atoms with Crippen LogP contribution in [0.15, 0.2) is 29.0 Å². The molecule has 5 heteroatoms. The molecule has 0 saturated carbocycles. The van der Waals surface area contributed by atoms with Crippen molar-refractivity contribution in [3.63, 3.8) is 0 Å². The number of halogens is 1. The number of aromatic nitrogens is 3.